The predicted molar refractivity (Wildman–Crippen MR) is 123 cm³/mol. The Morgan fingerprint density at radius 3 is 2.26 bits per heavy atom. The van der Waals surface area contributed by atoms with Crippen LogP contribution in [0.5, 0.6) is 0 Å². The molecule has 0 spiro atoms. The van der Waals surface area contributed by atoms with E-state index in [4.69, 9.17) is 18.9 Å². The summed E-state index contributed by atoms with van der Waals surface area (Å²) in [5, 5.41) is 0. The number of hydrogen-bond acceptors (Lipinski definition) is 8. The van der Waals surface area contributed by atoms with Gasteiger partial charge < -0.3 is 18.9 Å². The molecule has 1 amide bonds. The first-order valence-electron chi connectivity index (χ1n) is 12.8. The van der Waals surface area contributed by atoms with Crippen LogP contribution in [0, 0.1) is 35.0 Å². The Balaban J connectivity index is 1.36. The minimum atomic E-state index is -1.01. The highest BCUT2D eigenvalue weighted by Crippen LogP contribution is 2.60. The molecule has 0 radical (unpaired) electrons. The first kappa shape index (κ1) is 25.5. The molecule has 0 aromatic heterocycles. The molecular formula is C26H37NO8. The molecule has 5 aliphatic carbocycles. The SMILES string of the molecule is C=CCOC(=O)N(COC=O)C1C(CCC)[C@@H]1C(=O)OC(C)OC(=O)C12CC3CC(CC(C3)C1)C2. The van der Waals surface area contributed by atoms with Gasteiger partial charge in [0.05, 0.1) is 17.4 Å². The average Bonchev–Trinajstić information content (AvgIpc) is 3.50. The fourth-order valence-electron chi connectivity index (χ4n) is 7.27. The average molecular weight is 492 g/mol. The monoisotopic (exact) mass is 491 g/mol. The summed E-state index contributed by atoms with van der Waals surface area (Å²) in [7, 11) is 0. The van der Waals surface area contributed by atoms with Crippen LogP contribution in [0.3, 0.4) is 0 Å². The molecule has 0 aromatic rings. The van der Waals surface area contributed by atoms with Gasteiger partial charge >= 0.3 is 18.0 Å². The van der Waals surface area contributed by atoms with Gasteiger partial charge in [0.1, 0.15) is 6.61 Å². The van der Waals surface area contributed by atoms with Crippen LogP contribution in [0.25, 0.3) is 0 Å². The minimum Gasteiger partial charge on any atom is -0.446 e. The van der Waals surface area contributed by atoms with Gasteiger partial charge in [-0.1, -0.05) is 26.0 Å². The number of ether oxygens (including phenoxy) is 4. The van der Waals surface area contributed by atoms with Gasteiger partial charge in [0, 0.05) is 6.92 Å². The Bertz CT molecular complexity index is 806. The van der Waals surface area contributed by atoms with E-state index in [2.05, 4.69) is 6.58 Å². The highest BCUT2D eigenvalue weighted by atomic mass is 16.7. The second kappa shape index (κ2) is 10.6. The van der Waals surface area contributed by atoms with Crippen molar-refractivity contribution in [1.82, 2.24) is 4.90 Å². The van der Waals surface area contributed by atoms with Crippen molar-refractivity contribution in [3.05, 3.63) is 12.7 Å². The number of carbonyl (C=O) groups excluding carboxylic acids is 4. The molecule has 9 heteroatoms. The van der Waals surface area contributed by atoms with E-state index in [-0.39, 0.29) is 31.7 Å². The van der Waals surface area contributed by atoms with Crippen molar-refractivity contribution in [2.24, 2.45) is 35.0 Å². The molecule has 4 bridgehead atoms. The van der Waals surface area contributed by atoms with Crippen LogP contribution in [0.15, 0.2) is 12.7 Å². The zero-order chi connectivity index (χ0) is 25.2. The number of nitrogens with zero attached hydrogens (tertiary/aromatic N) is 1. The summed E-state index contributed by atoms with van der Waals surface area (Å²) in [4.78, 5) is 50.7. The number of hydrogen-bond donors (Lipinski definition) is 0. The largest absolute Gasteiger partial charge is 0.446 e. The summed E-state index contributed by atoms with van der Waals surface area (Å²) in [6.07, 6.45) is 7.48. The molecule has 0 aromatic carbocycles. The van der Waals surface area contributed by atoms with Crippen molar-refractivity contribution in [2.45, 2.75) is 77.5 Å². The van der Waals surface area contributed by atoms with Crippen LogP contribution >= 0.6 is 0 Å². The molecule has 35 heavy (non-hydrogen) atoms. The summed E-state index contributed by atoms with van der Waals surface area (Å²) in [6, 6.07) is -0.522. The smallest absolute Gasteiger partial charge is 0.413 e. The third-order valence-corrected chi connectivity index (χ3v) is 8.25. The number of rotatable bonds is 12. The first-order valence-corrected chi connectivity index (χ1v) is 12.8. The minimum absolute atomic E-state index is 0.00595. The van der Waals surface area contributed by atoms with Crippen molar-refractivity contribution in [3.63, 3.8) is 0 Å². The van der Waals surface area contributed by atoms with Crippen molar-refractivity contribution in [1.29, 1.82) is 0 Å². The fourth-order valence-corrected chi connectivity index (χ4v) is 7.27. The van der Waals surface area contributed by atoms with E-state index in [1.54, 1.807) is 6.92 Å². The quantitative estimate of drug-likeness (QED) is 0.133. The Hall–Kier alpha value is -2.58. The van der Waals surface area contributed by atoms with Crippen molar-refractivity contribution < 1.29 is 38.1 Å². The normalized spacial score (nSPS) is 34.9. The summed E-state index contributed by atoms with van der Waals surface area (Å²) < 4.78 is 21.1. The van der Waals surface area contributed by atoms with Crippen molar-refractivity contribution in [3.8, 4) is 0 Å². The van der Waals surface area contributed by atoms with E-state index in [1.165, 1.54) is 30.2 Å². The number of carbonyl (C=O) groups is 4. The van der Waals surface area contributed by atoms with Crippen LogP contribution in [0.2, 0.25) is 0 Å². The molecule has 3 unspecified atom stereocenters. The third-order valence-electron chi connectivity index (χ3n) is 8.25. The Morgan fingerprint density at radius 1 is 1.09 bits per heavy atom. The molecule has 0 aliphatic heterocycles. The zero-order valence-corrected chi connectivity index (χ0v) is 20.7. The lowest BCUT2D eigenvalue weighted by Crippen LogP contribution is -2.51. The van der Waals surface area contributed by atoms with Crippen LogP contribution < -0.4 is 0 Å². The molecule has 194 valence electrons. The Kier molecular flexibility index (Phi) is 7.71. The summed E-state index contributed by atoms with van der Waals surface area (Å²) in [6.45, 7) is 6.97. The highest BCUT2D eigenvalue weighted by molar-refractivity contribution is 5.81. The van der Waals surface area contributed by atoms with Crippen molar-refractivity contribution >= 4 is 24.5 Å². The molecule has 0 saturated heterocycles. The molecule has 5 aliphatic rings. The molecule has 0 N–H and O–H groups in total. The van der Waals surface area contributed by atoms with Gasteiger partial charge in [0.15, 0.2) is 6.73 Å². The van der Waals surface area contributed by atoms with Gasteiger partial charge in [-0.3, -0.25) is 19.3 Å². The second-order valence-corrected chi connectivity index (χ2v) is 10.8. The molecule has 0 heterocycles. The maximum Gasteiger partial charge on any atom is 0.413 e. The maximum atomic E-state index is 13.2. The van der Waals surface area contributed by atoms with Gasteiger partial charge in [0.25, 0.3) is 6.47 Å². The maximum absolute atomic E-state index is 13.2. The van der Waals surface area contributed by atoms with E-state index in [9.17, 15) is 19.2 Å². The summed E-state index contributed by atoms with van der Waals surface area (Å²) in [5.74, 6) is 0.264. The third kappa shape index (κ3) is 5.33. The molecular weight excluding hydrogens is 454 g/mol. The summed E-state index contributed by atoms with van der Waals surface area (Å²) in [5.41, 5.74) is -0.430. The number of esters is 2. The van der Waals surface area contributed by atoms with Gasteiger partial charge in [0.2, 0.25) is 6.29 Å². The molecule has 5 fully saturated rings. The summed E-state index contributed by atoms with van der Waals surface area (Å²) >= 11 is 0. The standard InChI is InChI=1S/C26H37NO8/c1-4-6-20-21(22(20)27(14-32-15-28)25(31)33-7-5-2)23(29)34-16(3)35-24(30)26-11-17-8-18(12-26)10-19(9-17)13-26/h5,15-22H,2,4,6-14H2,1,3H3/t16?,17?,18?,19?,20?,21-,22?,26?/m0/s1. The van der Waals surface area contributed by atoms with E-state index in [1.807, 2.05) is 6.92 Å². The molecule has 5 saturated carbocycles. The van der Waals surface area contributed by atoms with E-state index < -0.39 is 35.7 Å². The molecule has 5 rings (SSSR count). The second-order valence-electron chi connectivity index (χ2n) is 10.8. The zero-order valence-electron chi connectivity index (χ0n) is 20.7. The molecule has 9 nitrogen and oxygen atoms in total. The first-order chi connectivity index (χ1) is 16.8. The van der Waals surface area contributed by atoms with Gasteiger partial charge in [-0.05, 0) is 68.6 Å². The van der Waals surface area contributed by atoms with Gasteiger partial charge in [-0.25, -0.2) is 4.79 Å². The van der Waals surface area contributed by atoms with Gasteiger partial charge in [-0.15, -0.1) is 0 Å². The van der Waals surface area contributed by atoms with E-state index >= 15 is 0 Å². The topological polar surface area (TPSA) is 108 Å². The Labute approximate surface area is 206 Å². The van der Waals surface area contributed by atoms with Crippen LogP contribution in [-0.2, 0) is 33.3 Å². The lowest BCUT2D eigenvalue weighted by molar-refractivity contribution is -0.202. The van der Waals surface area contributed by atoms with Crippen LogP contribution in [0.1, 0.15) is 65.2 Å². The number of amides is 1. The lowest BCUT2D eigenvalue weighted by Gasteiger charge is -2.55. The van der Waals surface area contributed by atoms with Crippen LogP contribution in [0.4, 0.5) is 4.79 Å². The van der Waals surface area contributed by atoms with E-state index in [0.717, 1.165) is 25.7 Å². The highest BCUT2D eigenvalue weighted by Gasteiger charge is 2.60. The predicted octanol–water partition coefficient (Wildman–Crippen LogP) is 3.81. The van der Waals surface area contributed by atoms with Gasteiger partial charge in [-0.2, -0.15) is 0 Å². The van der Waals surface area contributed by atoms with Crippen LogP contribution in [-0.4, -0.2) is 55.1 Å². The van der Waals surface area contributed by atoms with Crippen molar-refractivity contribution in [2.75, 3.05) is 13.3 Å². The fraction of sp³-hybridized carbons (Fsp3) is 0.769. The lowest BCUT2D eigenvalue weighted by atomic mass is 9.49. The molecule has 4 atom stereocenters. The Morgan fingerprint density at radius 2 is 1.71 bits per heavy atom. The van der Waals surface area contributed by atoms with E-state index in [0.29, 0.717) is 24.2 Å².